The molecule has 0 aromatic heterocycles. The van der Waals surface area contributed by atoms with Gasteiger partial charge in [0.15, 0.2) is 5.78 Å². The van der Waals surface area contributed by atoms with Crippen LogP contribution in [-0.4, -0.2) is 26.9 Å². The summed E-state index contributed by atoms with van der Waals surface area (Å²) in [5, 5.41) is 29.1. The molecule has 0 radical (unpaired) electrons. The number of allylic oxidation sites excluding steroid dienone is 3. The molecule has 98 valence electrons. The fourth-order valence-electron chi connectivity index (χ4n) is 1.91. The Hall–Kier alpha value is -2.56. The Labute approximate surface area is 109 Å². The van der Waals surface area contributed by atoms with E-state index in [-0.39, 0.29) is 28.2 Å². The number of benzene rings is 1. The van der Waals surface area contributed by atoms with Crippen LogP contribution in [0.4, 0.5) is 0 Å². The van der Waals surface area contributed by atoms with E-state index < -0.39 is 17.3 Å². The van der Waals surface area contributed by atoms with E-state index in [1.54, 1.807) is 13.8 Å². The minimum atomic E-state index is -0.693. The molecule has 0 unspecified atom stereocenters. The van der Waals surface area contributed by atoms with E-state index in [9.17, 15) is 24.9 Å². The van der Waals surface area contributed by atoms with Crippen LogP contribution in [0.3, 0.4) is 0 Å². The third-order valence-corrected chi connectivity index (χ3v) is 2.88. The van der Waals surface area contributed by atoms with Gasteiger partial charge in [-0.15, -0.1) is 0 Å². The first kappa shape index (κ1) is 12.9. The lowest BCUT2D eigenvalue weighted by Gasteiger charge is -2.17. The number of fused-ring (bicyclic) bond motifs is 1. The van der Waals surface area contributed by atoms with E-state index in [2.05, 4.69) is 0 Å². The zero-order chi connectivity index (χ0) is 14.3. The molecule has 0 fully saturated rings. The molecule has 1 aromatic rings. The summed E-state index contributed by atoms with van der Waals surface area (Å²) in [7, 11) is 0. The van der Waals surface area contributed by atoms with E-state index in [1.807, 2.05) is 0 Å². The molecule has 0 saturated carbocycles. The van der Waals surface area contributed by atoms with Crippen molar-refractivity contribution in [3.63, 3.8) is 0 Å². The second-order valence-electron chi connectivity index (χ2n) is 4.45. The lowest BCUT2D eigenvalue weighted by molar-refractivity contribution is 0.0976. The van der Waals surface area contributed by atoms with Gasteiger partial charge < -0.3 is 15.3 Å². The van der Waals surface area contributed by atoms with Gasteiger partial charge in [-0.25, -0.2) is 0 Å². The Bertz CT molecular complexity index is 661. The SMILES string of the molecule is CC(C)=C(O)C1=CC(=O)c2c(O)ccc(O)c2C1=O. The van der Waals surface area contributed by atoms with Gasteiger partial charge in [-0.1, -0.05) is 0 Å². The Kier molecular flexibility index (Phi) is 2.90. The zero-order valence-electron chi connectivity index (χ0n) is 10.4. The summed E-state index contributed by atoms with van der Waals surface area (Å²) in [6.45, 7) is 3.18. The highest BCUT2D eigenvalue weighted by molar-refractivity contribution is 6.27. The Morgan fingerprint density at radius 2 is 1.53 bits per heavy atom. The highest BCUT2D eigenvalue weighted by Gasteiger charge is 2.32. The first-order valence-corrected chi connectivity index (χ1v) is 5.57. The normalized spacial score (nSPS) is 13.9. The van der Waals surface area contributed by atoms with Gasteiger partial charge in [-0.3, -0.25) is 9.59 Å². The molecular weight excluding hydrogens is 248 g/mol. The summed E-state index contributed by atoms with van der Waals surface area (Å²) >= 11 is 0. The quantitative estimate of drug-likeness (QED) is 0.531. The lowest BCUT2D eigenvalue weighted by Crippen LogP contribution is -2.19. The number of ketones is 2. The Morgan fingerprint density at radius 1 is 1.00 bits per heavy atom. The topological polar surface area (TPSA) is 94.8 Å². The highest BCUT2D eigenvalue weighted by atomic mass is 16.3. The number of aromatic hydroxyl groups is 2. The molecule has 2 rings (SSSR count). The molecule has 5 heteroatoms. The van der Waals surface area contributed by atoms with E-state index in [0.29, 0.717) is 5.57 Å². The molecule has 3 N–H and O–H groups in total. The third kappa shape index (κ3) is 1.89. The number of carbonyl (C=O) groups excluding carboxylic acids is 2. The average Bonchev–Trinajstić information content (AvgIpc) is 2.35. The fraction of sp³-hybridized carbons (Fsp3) is 0.143. The van der Waals surface area contributed by atoms with Crippen molar-refractivity contribution in [3.8, 4) is 11.5 Å². The molecule has 0 atom stereocenters. The molecule has 1 aliphatic rings. The molecule has 1 aromatic carbocycles. The van der Waals surface area contributed by atoms with Gasteiger partial charge in [0.2, 0.25) is 5.78 Å². The van der Waals surface area contributed by atoms with Crippen molar-refractivity contribution >= 4 is 11.6 Å². The number of phenolic OH excluding ortho intramolecular Hbond substituents is 2. The van der Waals surface area contributed by atoms with Crippen LogP contribution in [0.1, 0.15) is 34.6 Å². The molecule has 0 amide bonds. The number of aliphatic hydroxyl groups excluding tert-OH is 1. The summed E-state index contributed by atoms with van der Waals surface area (Å²) in [6, 6.07) is 2.26. The van der Waals surface area contributed by atoms with Crippen molar-refractivity contribution in [2.24, 2.45) is 0 Å². The first-order chi connectivity index (χ1) is 8.84. The molecular formula is C14H12O5. The molecule has 0 spiro atoms. The minimum absolute atomic E-state index is 0.182. The summed E-state index contributed by atoms with van der Waals surface area (Å²) in [5.74, 6) is -2.41. The van der Waals surface area contributed by atoms with Crippen LogP contribution in [0.25, 0.3) is 0 Å². The van der Waals surface area contributed by atoms with Crippen molar-refractivity contribution in [3.05, 3.63) is 46.2 Å². The lowest BCUT2D eigenvalue weighted by atomic mass is 9.86. The van der Waals surface area contributed by atoms with Crippen LogP contribution < -0.4 is 0 Å². The zero-order valence-corrected chi connectivity index (χ0v) is 10.4. The predicted molar refractivity (Wildman–Crippen MR) is 67.5 cm³/mol. The van der Waals surface area contributed by atoms with Crippen molar-refractivity contribution in [2.75, 3.05) is 0 Å². The summed E-state index contributed by atoms with van der Waals surface area (Å²) < 4.78 is 0. The number of carbonyl (C=O) groups is 2. The molecule has 0 aliphatic heterocycles. The molecule has 0 heterocycles. The third-order valence-electron chi connectivity index (χ3n) is 2.88. The van der Waals surface area contributed by atoms with Crippen LogP contribution >= 0.6 is 0 Å². The van der Waals surface area contributed by atoms with Crippen molar-refractivity contribution in [1.82, 2.24) is 0 Å². The smallest absolute Gasteiger partial charge is 0.201 e. The largest absolute Gasteiger partial charge is 0.507 e. The van der Waals surface area contributed by atoms with E-state index in [0.717, 1.165) is 18.2 Å². The van der Waals surface area contributed by atoms with Crippen molar-refractivity contribution in [1.29, 1.82) is 0 Å². The van der Waals surface area contributed by atoms with Crippen LogP contribution in [0.5, 0.6) is 11.5 Å². The number of Topliss-reactive ketones (excluding diaryl/α,β-unsaturated/α-hetero) is 1. The minimum Gasteiger partial charge on any atom is -0.507 e. The first-order valence-electron chi connectivity index (χ1n) is 5.57. The van der Waals surface area contributed by atoms with Crippen LogP contribution in [0.15, 0.2) is 35.1 Å². The van der Waals surface area contributed by atoms with Gasteiger partial charge in [0.25, 0.3) is 0 Å². The van der Waals surface area contributed by atoms with Crippen LogP contribution in [0.2, 0.25) is 0 Å². The monoisotopic (exact) mass is 260 g/mol. The van der Waals surface area contributed by atoms with Gasteiger partial charge in [0.05, 0.1) is 16.7 Å². The fourth-order valence-corrected chi connectivity index (χ4v) is 1.91. The maximum Gasteiger partial charge on any atom is 0.201 e. The molecule has 19 heavy (non-hydrogen) atoms. The Balaban J connectivity index is 2.73. The Morgan fingerprint density at radius 3 is 2.05 bits per heavy atom. The predicted octanol–water partition coefficient (Wildman–Crippen LogP) is 2.26. The number of rotatable bonds is 1. The van der Waals surface area contributed by atoms with Gasteiger partial charge in [-0.2, -0.15) is 0 Å². The second-order valence-corrected chi connectivity index (χ2v) is 4.45. The number of hydrogen-bond acceptors (Lipinski definition) is 5. The van der Waals surface area contributed by atoms with Gasteiger partial charge in [-0.05, 0) is 31.6 Å². The summed E-state index contributed by atoms with van der Waals surface area (Å²) in [4.78, 5) is 24.1. The highest BCUT2D eigenvalue weighted by Crippen LogP contribution is 2.36. The standard InChI is InChI=1S/C14H12O5/c1-6(2)13(18)7-5-10(17)11-8(15)3-4-9(16)12(11)14(7)19/h3-5,15-16,18H,1-2H3. The van der Waals surface area contributed by atoms with Crippen LogP contribution in [-0.2, 0) is 0 Å². The summed E-state index contributed by atoms with van der Waals surface area (Å²) in [5.41, 5.74) is -0.237. The van der Waals surface area contributed by atoms with Gasteiger partial charge in [0.1, 0.15) is 17.3 Å². The maximum absolute atomic E-state index is 12.2. The maximum atomic E-state index is 12.2. The second kappa shape index (κ2) is 4.28. The average molecular weight is 260 g/mol. The number of hydrogen-bond donors (Lipinski definition) is 3. The van der Waals surface area contributed by atoms with Gasteiger partial charge in [0, 0.05) is 6.08 Å². The number of aliphatic hydroxyl groups is 1. The number of phenols is 2. The van der Waals surface area contributed by atoms with Crippen LogP contribution in [0, 0.1) is 0 Å². The molecule has 5 nitrogen and oxygen atoms in total. The molecule has 0 bridgehead atoms. The van der Waals surface area contributed by atoms with Crippen molar-refractivity contribution < 1.29 is 24.9 Å². The van der Waals surface area contributed by atoms with Crippen molar-refractivity contribution in [2.45, 2.75) is 13.8 Å². The van der Waals surface area contributed by atoms with Gasteiger partial charge >= 0.3 is 0 Å². The van der Waals surface area contributed by atoms with E-state index in [4.69, 9.17) is 0 Å². The molecule has 1 aliphatic carbocycles. The summed E-state index contributed by atoms with van der Waals surface area (Å²) in [6.07, 6.45) is 0.964. The van der Waals surface area contributed by atoms with E-state index in [1.165, 1.54) is 0 Å². The van der Waals surface area contributed by atoms with E-state index >= 15 is 0 Å². The molecule has 0 saturated heterocycles.